The van der Waals surface area contributed by atoms with Gasteiger partial charge in [0.1, 0.15) is 5.82 Å². The number of hydrogen-bond acceptors (Lipinski definition) is 4. The molecule has 1 amide bonds. The van der Waals surface area contributed by atoms with Gasteiger partial charge in [-0.05, 0) is 42.0 Å². The zero-order valence-corrected chi connectivity index (χ0v) is 13.1. The Balaban J connectivity index is 2.04. The molecule has 6 nitrogen and oxygen atoms in total. The summed E-state index contributed by atoms with van der Waals surface area (Å²) in [4.78, 5) is 11.7. The number of nitrogens with one attached hydrogen (secondary N) is 1. The molecule has 0 spiro atoms. The number of hydrazone groups is 1. The standard InChI is InChI=1S/C14H11ClFN3O3S/c15-12-6-1-9(7-13(12)16)8-18-19-14(20)10-2-4-11(5-3-10)23(17,21)22/h1-8H,(H,19,20)(H2,17,21,22)/b18-8+. The predicted molar refractivity (Wildman–Crippen MR) is 84.3 cm³/mol. The third kappa shape index (κ3) is 4.59. The largest absolute Gasteiger partial charge is 0.271 e. The van der Waals surface area contributed by atoms with Crippen molar-refractivity contribution in [3.05, 3.63) is 64.4 Å². The van der Waals surface area contributed by atoms with Crippen molar-refractivity contribution in [3.63, 3.8) is 0 Å². The van der Waals surface area contributed by atoms with E-state index in [1.165, 1.54) is 48.7 Å². The van der Waals surface area contributed by atoms with Crippen molar-refractivity contribution < 1.29 is 17.6 Å². The van der Waals surface area contributed by atoms with E-state index in [1.54, 1.807) is 0 Å². The van der Waals surface area contributed by atoms with Crippen LogP contribution in [0.1, 0.15) is 15.9 Å². The molecule has 0 aliphatic carbocycles. The Hall–Kier alpha value is -2.29. The van der Waals surface area contributed by atoms with Crippen LogP contribution in [-0.4, -0.2) is 20.5 Å². The second kappa shape index (κ2) is 6.86. The maximum absolute atomic E-state index is 13.2. The SMILES string of the molecule is NS(=O)(=O)c1ccc(C(=O)N/N=C/c2ccc(Cl)c(F)c2)cc1. The minimum Gasteiger partial charge on any atom is -0.267 e. The molecule has 9 heteroatoms. The van der Waals surface area contributed by atoms with Crippen LogP contribution >= 0.6 is 11.6 Å². The van der Waals surface area contributed by atoms with Gasteiger partial charge in [0.25, 0.3) is 5.91 Å². The fourth-order valence-corrected chi connectivity index (χ4v) is 2.25. The van der Waals surface area contributed by atoms with Gasteiger partial charge < -0.3 is 0 Å². The number of carbonyl (C=O) groups is 1. The smallest absolute Gasteiger partial charge is 0.267 e. The Bertz CT molecular complexity index is 867. The normalized spacial score (nSPS) is 11.6. The minimum absolute atomic E-state index is 0.0128. The van der Waals surface area contributed by atoms with E-state index in [4.69, 9.17) is 16.7 Å². The predicted octanol–water partition coefficient (Wildman–Crippen LogP) is 1.89. The van der Waals surface area contributed by atoms with E-state index in [-0.39, 0.29) is 15.5 Å². The first-order valence-corrected chi connectivity index (χ1v) is 8.11. The molecule has 0 aliphatic heterocycles. The molecule has 120 valence electrons. The van der Waals surface area contributed by atoms with Crippen LogP contribution in [0, 0.1) is 5.82 Å². The Morgan fingerprint density at radius 3 is 2.43 bits per heavy atom. The number of benzene rings is 2. The molecule has 0 aliphatic rings. The van der Waals surface area contributed by atoms with Crippen molar-refractivity contribution in [2.75, 3.05) is 0 Å². The molecule has 0 fully saturated rings. The summed E-state index contributed by atoms with van der Waals surface area (Å²) in [5.74, 6) is -1.16. The van der Waals surface area contributed by atoms with Crippen molar-refractivity contribution in [1.29, 1.82) is 0 Å². The highest BCUT2D eigenvalue weighted by Gasteiger charge is 2.09. The van der Waals surface area contributed by atoms with Crippen molar-refractivity contribution >= 4 is 33.7 Å². The second-order valence-electron chi connectivity index (χ2n) is 4.44. The van der Waals surface area contributed by atoms with Gasteiger partial charge in [0.2, 0.25) is 10.0 Å². The third-order valence-electron chi connectivity index (χ3n) is 2.77. The molecule has 23 heavy (non-hydrogen) atoms. The van der Waals surface area contributed by atoms with E-state index in [0.717, 1.165) is 0 Å². The third-order valence-corrected chi connectivity index (χ3v) is 4.00. The van der Waals surface area contributed by atoms with E-state index in [0.29, 0.717) is 5.56 Å². The lowest BCUT2D eigenvalue weighted by molar-refractivity contribution is 0.0955. The minimum atomic E-state index is -3.81. The molecule has 0 heterocycles. The van der Waals surface area contributed by atoms with Gasteiger partial charge in [0.15, 0.2) is 0 Å². The Labute approximate surface area is 136 Å². The first-order valence-electron chi connectivity index (χ1n) is 6.19. The van der Waals surface area contributed by atoms with Crippen LogP contribution in [0.4, 0.5) is 4.39 Å². The molecule has 0 saturated carbocycles. The maximum Gasteiger partial charge on any atom is 0.271 e. The zero-order chi connectivity index (χ0) is 17.0. The highest BCUT2D eigenvalue weighted by Crippen LogP contribution is 2.14. The van der Waals surface area contributed by atoms with E-state index in [2.05, 4.69) is 10.5 Å². The number of primary sulfonamides is 1. The first-order chi connectivity index (χ1) is 10.8. The summed E-state index contributed by atoms with van der Waals surface area (Å²) < 4.78 is 35.4. The molecule has 0 bridgehead atoms. The highest BCUT2D eigenvalue weighted by molar-refractivity contribution is 7.89. The summed E-state index contributed by atoms with van der Waals surface area (Å²) in [6, 6.07) is 9.08. The van der Waals surface area contributed by atoms with Crippen LogP contribution in [0.2, 0.25) is 5.02 Å². The van der Waals surface area contributed by atoms with Crippen LogP contribution in [0.15, 0.2) is 52.5 Å². The van der Waals surface area contributed by atoms with Gasteiger partial charge in [-0.1, -0.05) is 17.7 Å². The van der Waals surface area contributed by atoms with E-state index in [9.17, 15) is 17.6 Å². The van der Waals surface area contributed by atoms with Gasteiger partial charge >= 0.3 is 0 Å². The topological polar surface area (TPSA) is 102 Å². The van der Waals surface area contributed by atoms with Crippen LogP contribution in [0.3, 0.4) is 0 Å². The lowest BCUT2D eigenvalue weighted by Gasteiger charge is -2.02. The Morgan fingerprint density at radius 2 is 1.87 bits per heavy atom. The van der Waals surface area contributed by atoms with Crippen molar-refractivity contribution in [2.45, 2.75) is 4.90 Å². The number of carbonyl (C=O) groups excluding carboxylic acids is 1. The number of nitrogens with two attached hydrogens (primary N) is 1. The van der Waals surface area contributed by atoms with Gasteiger partial charge in [-0.25, -0.2) is 23.4 Å². The fourth-order valence-electron chi connectivity index (χ4n) is 1.62. The monoisotopic (exact) mass is 355 g/mol. The maximum atomic E-state index is 13.2. The van der Waals surface area contributed by atoms with E-state index in [1.807, 2.05) is 0 Å². The summed E-state index contributed by atoms with van der Waals surface area (Å²) in [5, 5.41) is 8.63. The molecule has 0 radical (unpaired) electrons. The van der Waals surface area contributed by atoms with Crippen molar-refractivity contribution in [1.82, 2.24) is 5.43 Å². The summed E-state index contributed by atoms with van der Waals surface area (Å²) >= 11 is 5.55. The van der Waals surface area contributed by atoms with Gasteiger partial charge in [0, 0.05) is 5.56 Å². The zero-order valence-electron chi connectivity index (χ0n) is 11.5. The van der Waals surface area contributed by atoms with Gasteiger partial charge in [-0.3, -0.25) is 4.79 Å². The first kappa shape index (κ1) is 17.1. The van der Waals surface area contributed by atoms with Crippen LogP contribution in [0.25, 0.3) is 0 Å². The number of nitrogens with zero attached hydrogens (tertiary/aromatic N) is 1. The lowest BCUT2D eigenvalue weighted by Crippen LogP contribution is -2.18. The molecule has 3 N–H and O–H groups in total. The van der Waals surface area contributed by atoms with Crippen molar-refractivity contribution in [2.24, 2.45) is 10.2 Å². The molecule has 0 aromatic heterocycles. The van der Waals surface area contributed by atoms with Gasteiger partial charge in [-0.15, -0.1) is 0 Å². The molecule has 2 aromatic rings. The number of sulfonamides is 1. The highest BCUT2D eigenvalue weighted by atomic mass is 35.5. The van der Waals surface area contributed by atoms with Crippen LogP contribution in [0.5, 0.6) is 0 Å². The number of rotatable bonds is 4. The molecule has 0 saturated heterocycles. The summed E-state index contributed by atoms with van der Waals surface area (Å²) in [6.07, 6.45) is 1.25. The Kier molecular flexibility index (Phi) is 5.09. The molecule has 2 aromatic carbocycles. The quantitative estimate of drug-likeness (QED) is 0.646. The summed E-state index contributed by atoms with van der Waals surface area (Å²) in [5.41, 5.74) is 2.84. The number of halogens is 2. The summed E-state index contributed by atoms with van der Waals surface area (Å²) in [6.45, 7) is 0. The van der Waals surface area contributed by atoms with E-state index < -0.39 is 21.7 Å². The molecule has 0 unspecified atom stereocenters. The summed E-state index contributed by atoms with van der Waals surface area (Å²) in [7, 11) is -3.81. The van der Waals surface area contributed by atoms with Crippen molar-refractivity contribution in [3.8, 4) is 0 Å². The molecular weight excluding hydrogens is 345 g/mol. The fraction of sp³-hybridized carbons (Fsp3) is 0. The van der Waals surface area contributed by atoms with Gasteiger partial charge in [0.05, 0.1) is 16.1 Å². The van der Waals surface area contributed by atoms with E-state index >= 15 is 0 Å². The lowest BCUT2D eigenvalue weighted by atomic mass is 10.2. The molecular formula is C14H11ClFN3O3S. The average Bonchev–Trinajstić information content (AvgIpc) is 2.50. The number of amides is 1. The average molecular weight is 356 g/mol. The van der Waals surface area contributed by atoms with Gasteiger partial charge in [-0.2, -0.15) is 5.10 Å². The second-order valence-corrected chi connectivity index (χ2v) is 6.41. The number of hydrogen-bond donors (Lipinski definition) is 2. The van der Waals surface area contributed by atoms with Crippen LogP contribution < -0.4 is 10.6 Å². The Morgan fingerprint density at radius 1 is 1.22 bits per heavy atom. The molecule has 0 atom stereocenters. The van der Waals surface area contributed by atoms with Crippen LogP contribution in [-0.2, 0) is 10.0 Å². The molecule has 2 rings (SSSR count).